The summed E-state index contributed by atoms with van der Waals surface area (Å²) in [5, 5.41) is 5.86. The van der Waals surface area contributed by atoms with Gasteiger partial charge in [0.1, 0.15) is 17.6 Å². The molecule has 1 atom stereocenters. The van der Waals surface area contributed by atoms with E-state index >= 15 is 0 Å². The summed E-state index contributed by atoms with van der Waals surface area (Å²) < 4.78 is 10.9. The van der Waals surface area contributed by atoms with Gasteiger partial charge in [-0.1, -0.05) is 0 Å². The van der Waals surface area contributed by atoms with Gasteiger partial charge in [-0.15, -0.1) is 0 Å². The molecule has 2 N–H and O–H groups in total. The van der Waals surface area contributed by atoms with Crippen molar-refractivity contribution in [1.82, 2.24) is 10.2 Å². The standard InChI is InChI=1S/C21H25N3O4/c1-14-11-16-12-17(4-5-19(16)28-14)23-21(26)24-8-6-15(7-9-24)20(25)22-13-18-3-2-10-27-18/h2-5,10,12,14-15H,6-9,11,13H2,1H3,(H,22,25)(H,23,26)/t14-/m0/s1. The number of nitrogens with zero attached hydrogens (tertiary/aromatic N) is 1. The van der Waals surface area contributed by atoms with Crippen LogP contribution in [0.3, 0.4) is 0 Å². The lowest BCUT2D eigenvalue weighted by Crippen LogP contribution is -2.44. The van der Waals surface area contributed by atoms with E-state index in [2.05, 4.69) is 10.6 Å². The van der Waals surface area contributed by atoms with E-state index in [-0.39, 0.29) is 24.0 Å². The summed E-state index contributed by atoms with van der Waals surface area (Å²) in [6, 6.07) is 9.26. The largest absolute Gasteiger partial charge is 0.490 e. The Morgan fingerprint density at radius 2 is 2.04 bits per heavy atom. The van der Waals surface area contributed by atoms with E-state index in [1.807, 2.05) is 31.2 Å². The van der Waals surface area contributed by atoms with Crippen molar-refractivity contribution >= 4 is 17.6 Å². The first-order valence-corrected chi connectivity index (χ1v) is 9.74. The number of hydrogen-bond acceptors (Lipinski definition) is 4. The molecule has 1 aromatic heterocycles. The summed E-state index contributed by atoms with van der Waals surface area (Å²) in [6.45, 7) is 3.56. The molecule has 0 radical (unpaired) electrons. The predicted octanol–water partition coefficient (Wildman–Crippen LogP) is 3.16. The number of anilines is 1. The summed E-state index contributed by atoms with van der Waals surface area (Å²) in [7, 11) is 0. The number of nitrogens with one attached hydrogen (secondary N) is 2. The Morgan fingerprint density at radius 3 is 2.79 bits per heavy atom. The first-order chi connectivity index (χ1) is 13.6. The molecule has 0 bridgehead atoms. The highest BCUT2D eigenvalue weighted by Crippen LogP contribution is 2.31. The Balaban J connectivity index is 1.25. The zero-order chi connectivity index (χ0) is 19.5. The fraction of sp³-hybridized carbons (Fsp3) is 0.429. The molecular weight excluding hydrogens is 358 g/mol. The van der Waals surface area contributed by atoms with Crippen LogP contribution in [0.2, 0.25) is 0 Å². The number of hydrogen-bond donors (Lipinski definition) is 2. The van der Waals surface area contributed by atoms with Crippen molar-refractivity contribution in [1.29, 1.82) is 0 Å². The number of benzene rings is 1. The molecule has 0 aliphatic carbocycles. The first kappa shape index (κ1) is 18.4. The molecule has 3 heterocycles. The number of urea groups is 1. The lowest BCUT2D eigenvalue weighted by molar-refractivity contribution is -0.126. The van der Waals surface area contributed by atoms with Crippen LogP contribution in [0, 0.1) is 5.92 Å². The second-order valence-corrected chi connectivity index (χ2v) is 7.44. The molecule has 2 aromatic rings. The van der Waals surface area contributed by atoms with Crippen molar-refractivity contribution in [3.05, 3.63) is 47.9 Å². The second-order valence-electron chi connectivity index (χ2n) is 7.44. The monoisotopic (exact) mass is 383 g/mol. The Morgan fingerprint density at radius 1 is 1.21 bits per heavy atom. The normalized spacial score (nSPS) is 19.0. The molecule has 3 amide bonds. The molecule has 0 unspecified atom stereocenters. The number of furan rings is 1. The molecule has 148 valence electrons. The van der Waals surface area contributed by atoms with Crippen molar-refractivity contribution in [3.8, 4) is 5.75 Å². The molecule has 1 aromatic carbocycles. The zero-order valence-electron chi connectivity index (χ0n) is 15.9. The lowest BCUT2D eigenvalue weighted by Gasteiger charge is -2.31. The summed E-state index contributed by atoms with van der Waals surface area (Å²) in [6.07, 6.45) is 3.95. The van der Waals surface area contributed by atoms with Crippen molar-refractivity contribution in [2.24, 2.45) is 5.92 Å². The third-order valence-corrected chi connectivity index (χ3v) is 5.32. The third kappa shape index (κ3) is 4.13. The van der Waals surface area contributed by atoms with E-state index in [1.165, 1.54) is 0 Å². The smallest absolute Gasteiger partial charge is 0.321 e. The average molecular weight is 383 g/mol. The highest BCUT2D eigenvalue weighted by Gasteiger charge is 2.27. The number of rotatable bonds is 4. The van der Waals surface area contributed by atoms with Gasteiger partial charge in [0.05, 0.1) is 12.8 Å². The molecular formula is C21H25N3O4. The van der Waals surface area contributed by atoms with Crippen LogP contribution in [-0.4, -0.2) is 36.0 Å². The number of likely N-dealkylation sites (tertiary alicyclic amines) is 1. The average Bonchev–Trinajstić information content (AvgIpc) is 3.34. The first-order valence-electron chi connectivity index (χ1n) is 9.74. The molecule has 2 aliphatic rings. The minimum Gasteiger partial charge on any atom is -0.490 e. The molecule has 28 heavy (non-hydrogen) atoms. The molecule has 4 rings (SSSR count). The van der Waals surface area contributed by atoms with Crippen LogP contribution in [0.5, 0.6) is 5.75 Å². The van der Waals surface area contributed by atoms with Gasteiger partial charge in [-0.2, -0.15) is 0 Å². The van der Waals surface area contributed by atoms with Gasteiger partial charge in [-0.25, -0.2) is 4.79 Å². The molecule has 1 saturated heterocycles. The van der Waals surface area contributed by atoms with Crippen LogP contribution in [0.1, 0.15) is 31.1 Å². The molecule has 1 fully saturated rings. The van der Waals surface area contributed by atoms with Crippen LogP contribution < -0.4 is 15.4 Å². The van der Waals surface area contributed by atoms with Gasteiger partial charge in [-0.05, 0) is 55.7 Å². The van der Waals surface area contributed by atoms with E-state index in [1.54, 1.807) is 17.2 Å². The van der Waals surface area contributed by atoms with E-state index in [9.17, 15) is 9.59 Å². The number of fused-ring (bicyclic) bond motifs is 1. The van der Waals surface area contributed by atoms with Crippen LogP contribution in [-0.2, 0) is 17.8 Å². The van der Waals surface area contributed by atoms with Crippen LogP contribution in [0.25, 0.3) is 0 Å². The SMILES string of the molecule is C[C@H]1Cc2cc(NC(=O)N3CCC(C(=O)NCc4ccco4)CC3)ccc2O1. The summed E-state index contributed by atoms with van der Waals surface area (Å²) in [5.41, 5.74) is 1.90. The van der Waals surface area contributed by atoms with Crippen LogP contribution in [0.15, 0.2) is 41.0 Å². The van der Waals surface area contributed by atoms with Crippen LogP contribution >= 0.6 is 0 Å². The number of piperidine rings is 1. The lowest BCUT2D eigenvalue weighted by atomic mass is 9.96. The maximum Gasteiger partial charge on any atom is 0.321 e. The van der Waals surface area contributed by atoms with E-state index in [4.69, 9.17) is 9.15 Å². The van der Waals surface area contributed by atoms with Gasteiger partial charge in [0.2, 0.25) is 5.91 Å². The van der Waals surface area contributed by atoms with Gasteiger partial charge >= 0.3 is 6.03 Å². The summed E-state index contributed by atoms with van der Waals surface area (Å²) in [4.78, 5) is 26.6. The quantitative estimate of drug-likeness (QED) is 0.849. The maximum absolute atomic E-state index is 12.6. The van der Waals surface area contributed by atoms with E-state index in [0.29, 0.717) is 32.5 Å². The van der Waals surface area contributed by atoms with Gasteiger partial charge in [-0.3, -0.25) is 4.79 Å². The van der Waals surface area contributed by atoms with Crippen molar-refractivity contribution in [3.63, 3.8) is 0 Å². The van der Waals surface area contributed by atoms with Gasteiger partial charge in [0, 0.05) is 31.1 Å². The predicted molar refractivity (Wildman–Crippen MR) is 104 cm³/mol. The fourth-order valence-corrected chi connectivity index (χ4v) is 3.78. The van der Waals surface area contributed by atoms with Gasteiger partial charge in [0.15, 0.2) is 0 Å². The number of carbonyl (C=O) groups is 2. The summed E-state index contributed by atoms with van der Waals surface area (Å²) >= 11 is 0. The van der Waals surface area contributed by atoms with E-state index in [0.717, 1.165) is 29.2 Å². The van der Waals surface area contributed by atoms with Crippen molar-refractivity contribution in [2.75, 3.05) is 18.4 Å². The molecule has 0 spiro atoms. The topological polar surface area (TPSA) is 83.8 Å². The van der Waals surface area contributed by atoms with Crippen molar-refractivity contribution in [2.45, 2.75) is 38.8 Å². The minimum atomic E-state index is -0.124. The number of carbonyl (C=O) groups excluding carboxylic acids is 2. The maximum atomic E-state index is 12.6. The number of ether oxygens (including phenoxy) is 1. The Labute approximate surface area is 164 Å². The molecule has 0 saturated carbocycles. The zero-order valence-corrected chi connectivity index (χ0v) is 15.9. The number of amides is 3. The van der Waals surface area contributed by atoms with Crippen LogP contribution in [0.4, 0.5) is 10.5 Å². The van der Waals surface area contributed by atoms with Gasteiger partial charge in [0.25, 0.3) is 0 Å². The Bertz CT molecular complexity index is 841. The summed E-state index contributed by atoms with van der Waals surface area (Å²) in [5.74, 6) is 1.58. The molecule has 2 aliphatic heterocycles. The molecule has 7 heteroatoms. The van der Waals surface area contributed by atoms with Gasteiger partial charge < -0.3 is 24.7 Å². The molecule has 7 nitrogen and oxygen atoms in total. The van der Waals surface area contributed by atoms with Crippen molar-refractivity contribution < 1.29 is 18.7 Å². The second kappa shape index (κ2) is 7.96. The minimum absolute atomic E-state index is 0.0178. The Hall–Kier alpha value is -2.96. The van der Waals surface area contributed by atoms with E-state index < -0.39 is 0 Å². The highest BCUT2D eigenvalue weighted by molar-refractivity contribution is 5.90. The highest BCUT2D eigenvalue weighted by atomic mass is 16.5. The fourth-order valence-electron chi connectivity index (χ4n) is 3.78. The third-order valence-electron chi connectivity index (χ3n) is 5.32. The Kier molecular flexibility index (Phi) is 5.23.